The molecular formula is C8H12B2. The van der Waals surface area contributed by atoms with Gasteiger partial charge in [-0.2, -0.15) is 0 Å². The fraction of sp³-hybridized carbons (Fsp3) is 0.375. The van der Waals surface area contributed by atoms with Crippen LogP contribution in [-0.4, -0.2) is 20.2 Å². The van der Waals surface area contributed by atoms with Crippen LogP contribution in [0.4, 0.5) is 0 Å². The van der Waals surface area contributed by atoms with Crippen LogP contribution in [0.1, 0.15) is 13.8 Å². The summed E-state index contributed by atoms with van der Waals surface area (Å²) < 4.78 is 0. The van der Waals surface area contributed by atoms with E-state index in [0.29, 0.717) is 5.92 Å². The molecule has 0 radical (unpaired) electrons. The Balaban J connectivity index is 2.76. The van der Waals surface area contributed by atoms with Crippen molar-refractivity contribution in [1.29, 1.82) is 0 Å². The van der Waals surface area contributed by atoms with Crippen LogP contribution in [0.15, 0.2) is 23.6 Å². The molecule has 0 aliphatic carbocycles. The average molecular weight is 130 g/mol. The molecule has 1 heterocycles. The molecule has 0 aromatic heterocycles. The Bertz CT molecular complexity index is 199. The van der Waals surface area contributed by atoms with Crippen LogP contribution in [-0.2, 0) is 0 Å². The van der Waals surface area contributed by atoms with Gasteiger partial charge in [0.1, 0.15) is 0 Å². The predicted octanol–water partition coefficient (Wildman–Crippen LogP) is 0.563. The Morgan fingerprint density at radius 1 is 1.50 bits per heavy atom. The summed E-state index contributed by atoms with van der Waals surface area (Å²) in [6.07, 6.45) is 2.11. The third-order valence-electron chi connectivity index (χ3n) is 1.79. The zero-order valence-corrected chi connectivity index (χ0v) is 6.72. The van der Waals surface area contributed by atoms with Crippen molar-refractivity contribution < 1.29 is 0 Å². The predicted molar refractivity (Wildman–Crippen MR) is 51.4 cm³/mol. The van der Waals surface area contributed by atoms with Crippen molar-refractivity contribution in [3.05, 3.63) is 23.6 Å². The van der Waals surface area contributed by atoms with Crippen LogP contribution in [0, 0.1) is 5.92 Å². The summed E-state index contributed by atoms with van der Waals surface area (Å²) in [5, 5.41) is 0. The minimum absolute atomic E-state index is 0.623. The Morgan fingerprint density at radius 2 is 2.20 bits per heavy atom. The second kappa shape index (κ2) is 3.05. The zero-order valence-electron chi connectivity index (χ0n) is 6.72. The van der Waals surface area contributed by atoms with Gasteiger partial charge in [-0.1, -0.05) is 0 Å². The molecule has 50 valence electrons. The van der Waals surface area contributed by atoms with Gasteiger partial charge >= 0.3 is 63.6 Å². The third kappa shape index (κ3) is 1.50. The maximum atomic E-state index is 3.96. The summed E-state index contributed by atoms with van der Waals surface area (Å²) in [5.41, 5.74) is 2.59. The van der Waals surface area contributed by atoms with Crippen molar-refractivity contribution in [2.45, 2.75) is 13.8 Å². The molecule has 0 aromatic carbocycles. The van der Waals surface area contributed by atoms with Crippen molar-refractivity contribution >= 4 is 20.2 Å². The average Bonchev–Trinajstić information content (AvgIpc) is 1.88. The fourth-order valence-corrected chi connectivity index (χ4v) is 1.24. The van der Waals surface area contributed by atoms with Crippen molar-refractivity contribution in [1.82, 2.24) is 0 Å². The first-order valence-corrected chi connectivity index (χ1v) is 3.77. The number of allylic oxidation sites excluding steroid dienone is 2. The van der Waals surface area contributed by atoms with Gasteiger partial charge in [-0.05, 0) is 0 Å². The second-order valence-electron chi connectivity index (χ2n) is 2.98. The molecular weight excluding hydrogens is 118 g/mol. The van der Waals surface area contributed by atoms with E-state index >= 15 is 0 Å². The molecule has 1 rings (SSSR count). The standard InChI is InChI=1S/C8H12B2/c1-6(2)7-5-10-4-3-8(7)9/h3-6,9-10H,1-2H3. The van der Waals surface area contributed by atoms with Gasteiger partial charge in [0.25, 0.3) is 0 Å². The van der Waals surface area contributed by atoms with Crippen LogP contribution in [0.3, 0.4) is 0 Å². The summed E-state index contributed by atoms with van der Waals surface area (Å²) in [6, 6.07) is 0. The topological polar surface area (TPSA) is 0 Å². The molecule has 0 fully saturated rings. The van der Waals surface area contributed by atoms with Gasteiger partial charge in [0.2, 0.25) is 0 Å². The van der Waals surface area contributed by atoms with Crippen molar-refractivity contribution in [3.63, 3.8) is 0 Å². The van der Waals surface area contributed by atoms with E-state index in [0.717, 1.165) is 7.28 Å². The van der Waals surface area contributed by atoms with Crippen LogP contribution in [0.2, 0.25) is 0 Å². The normalized spacial score (nSPS) is 17.0. The quantitative estimate of drug-likeness (QED) is 0.455. The zero-order chi connectivity index (χ0) is 7.56. The van der Waals surface area contributed by atoms with Gasteiger partial charge in [0.15, 0.2) is 0 Å². The number of rotatable bonds is 1. The van der Waals surface area contributed by atoms with E-state index in [1.807, 2.05) is 0 Å². The molecule has 0 aromatic rings. The first-order valence-electron chi connectivity index (χ1n) is 3.77. The Kier molecular flexibility index (Phi) is 2.31. The van der Waals surface area contributed by atoms with Gasteiger partial charge in [0.05, 0.1) is 0 Å². The molecule has 0 nitrogen and oxygen atoms in total. The molecule has 0 N–H and O–H groups in total. The minimum atomic E-state index is 0.623. The van der Waals surface area contributed by atoms with E-state index in [1.54, 1.807) is 0 Å². The number of hydrogen-bond acceptors (Lipinski definition) is 0. The Morgan fingerprint density at radius 3 is 2.60 bits per heavy atom. The summed E-state index contributed by atoms with van der Waals surface area (Å²) in [4.78, 5) is 0. The fourth-order valence-electron chi connectivity index (χ4n) is 1.24. The monoisotopic (exact) mass is 130 g/mol. The molecule has 0 atom stereocenters. The van der Waals surface area contributed by atoms with Gasteiger partial charge in [-0.25, -0.2) is 0 Å². The van der Waals surface area contributed by atoms with Crippen LogP contribution < -0.4 is 0 Å². The molecule has 0 unspecified atom stereocenters. The Hall–Kier alpha value is -0.520. The summed E-state index contributed by atoms with van der Waals surface area (Å²) in [6.45, 7) is 4.41. The van der Waals surface area contributed by atoms with E-state index in [4.69, 9.17) is 0 Å². The molecule has 0 amide bonds. The molecule has 10 heavy (non-hydrogen) atoms. The molecule has 0 spiro atoms. The van der Waals surface area contributed by atoms with Crippen LogP contribution >= 0.6 is 0 Å². The van der Waals surface area contributed by atoms with Gasteiger partial charge in [0, 0.05) is 0 Å². The summed E-state index contributed by atoms with van der Waals surface area (Å²) >= 11 is 0. The van der Waals surface area contributed by atoms with Crippen molar-refractivity contribution in [2.24, 2.45) is 5.92 Å². The van der Waals surface area contributed by atoms with Gasteiger partial charge < -0.3 is 0 Å². The van der Waals surface area contributed by atoms with Crippen molar-refractivity contribution in [3.8, 4) is 0 Å². The summed E-state index contributed by atoms with van der Waals surface area (Å²) in [7, 11) is 5.04. The molecule has 1 aliphatic heterocycles. The SMILES string of the molecule is B=C1C=CBC=C1C(C)C. The molecule has 1 aliphatic rings. The van der Waals surface area contributed by atoms with Crippen molar-refractivity contribution in [2.75, 3.05) is 0 Å². The van der Waals surface area contributed by atoms with E-state index in [1.165, 1.54) is 11.0 Å². The van der Waals surface area contributed by atoms with Crippen LogP contribution in [0.5, 0.6) is 0 Å². The molecule has 0 saturated heterocycles. The number of hydrogen-bond donors (Lipinski definition) is 0. The van der Waals surface area contributed by atoms with E-state index < -0.39 is 0 Å². The first-order chi connectivity index (χ1) is 4.72. The molecule has 0 bridgehead atoms. The van der Waals surface area contributed by atoms with E-state index in [9.17, 15) is 0 Å². The second-order valence-corrected chi connectivity index (χ2v) is 2.98. The van der Waals surface area contributed by atoms with Crippen LogP contribution in [0.25, 0.3) is 0 Å². The third-order valence-corrected chi connectivity index (χ3v) is 1.79. The van der Waals surface area contributed by atoms with Gasteiger partial charge in [-0.15, -0.1) is 0 Å². The molecule has 2 heteroatoms. The first kappa shape index (κ1) is 7.59. The van der Waals surface area contributed by atoms with E-state index in [2.05, 4.69) is 39.4 Å². The Labute approximate surface area is 64.3 Å². The molecule has 0 saturated carbocycles. The van der Waals surface area contributed by atoms with E-state index in [-0.39, 0.29) is 0 Å². The summed E-state index contributed by atoms with van der Waals surface area (Å²) in [5.74, 6) is 5.03. The van der Waals surface area contributed by atoms with Gasteiger partial charge in [-0.3, -0.25) is 0 Å². The maximum absolute atomic E-state index is 3.96.